The Morgan fingerprint density at radius 3 is 2.57 bits per heavy atom. The monoisotopic (exact) mass is 289 g/mol. The molecule has 0 aliphatic rings. The van der Waals surface area contributed by atoms with E-state index in [1.54, 1.807) is 6.07 Å². The van der Waals surface area contributed by atoms with E-state index in [1.165, 1.54) is 11.3 Å². The molecule has 0 unspecified atom stereocenters. The zero-order chi connectivity index (χ0) is 15.6. The Hall–Kier alpha value is -1.81. The summed E-state index contributed by atoms with van der Waals surface area (Å²) in [4.78, 5) is 11.4. The Morgan fingerprint density at radius 2 is 2.00 bits per heavy atom. The lowest BCUT2D eigenvalue weighted by atomic mass is 10.0. The lowest BCUT2D eigenvalue weighted by molar-refractivity contribution is 0.0696. The smallest absolute Gasteiger partial charge is 0.336 e. The molecule has 1 heterocycles. The second-order valence-electron chi connectivity index (χ2n) is 5.53. The number of aromatic carboxylic acids is 1. The van der Waals surface area contributed by atoms with Crippen molar-refractivity contribution in [2.75, 3.05) is 6.61 Å². The third-order valence-corrected chi connectivity index (χ3v) is 4.07. The van der Waals surface area contributed by atoms with Gasteiger partial charge < -0.3 is 14.8 Å². The van der Waals surface area contributed by atoms with E-state index in [0.29, 0.717) is 18.5 Å². The molecule has 0 aliphatic carbocycles. The van der Waals surface area contributed by atoms with E-state index >= 15 is 0 Å². The minimum Gasteiger partial charge on any atom is -0.478 e. The van der Waals surface area contributed by atoms with Crippen molar-refractivity contribution in [3.63, 3.8) is 0 Å². The molecule has 1 aromatic carbocycles. The Balaban J connectivity index is 2.71. The number of hydrogen-bond acceptors (Lipinski definition) is 2. The molecule has 2 aromatic rings. The van der Waals surface area contributed by atoms with E-state index in [4.69, 9.17) is 5.11 Å². The summed E-state index contributed by atoms with van der Waals surface area (Å²) in [5, 5.41) is 19.6. The minimum atomic E-state index is -0.890. The fraction of sp³-hybridized carbons (Fsp3) is 0.471. The van der Waals surface area contributed by atoms with Crippen LogP contribution in [0.4, 0.5) is 0 Å². The fourth-order valence-corrected chi connectivity index (χ4v) is 3.01. The van der Waals surface area contributed by atoms with Gasteiger partial charge in [-0.05, 0) is 49.9 Å². The maximum Gasteiger partial charge on any atom is 0.336 e. The molecule has 4 heteroatoms. The highest BCUT2D eigenvalue weighted by atomic mass is 16.4. The van der Waals surface area contributed by atoms with Gasteiger partial charge >= 0.3 is 5.97 Å². The van der Waals surface area contributed by atoms with Crippen molar-refractivity contribution < 1.29 is 15.0 Å². The number of carboxylic acid groups (broad SMARTS) is 1. The van der Waals surface area contributed by atoms with Gasteiger partial charge in [-0.2, -0.15) is 0 Å². The van der Waals surface area contributed by atoms with Gasteiger partial charge in [0.05, 0.1) is 5.56 Å². The van der Waals surface area contributed by atoms with Crippen molar-refractivity contribution >= 4 is 16.9 Å². The summed E-state index contributed by atoms with van der Waals surface area (Å²) < 4.78 is 2.14. The highest BCUT2D eigenvalue weighted by Gasteiger charge is 2.17. The third-order valence-electron chi connectivity index (χ3n) is 4.07. The van der Waals surface area contributed by atoms with Crippen LogP contribution in [0.15, 0.2) is 12.1 Å². The van der Waals surface area contributed by atoms with Gasteiger partial charge in [-0.3, -0.25) is 0 Å². The Bertz CT molecular complexity index is 670. The molecular formula is C17H23NO3. The van der Waals surface area contributed by atoms with Gasteiger partial charge in [-0.25, -0.2) is 4.79 Å². The number of hydrogen-bond donors (Lipinski definition) is 2. The minimum absolute atomic E-state index is 0.139. The van der Waals surface area contributed by atoms with E-state index in [2.05, 4.69) is 18.4 Å². The van der Waals surface area contributed by atoms with Crippen molar-refractivity contribution in [1.29, 1.82) is 0 Å². The summed E-state index contributed by atoms with van der Waals surface area (Å²) in [5.41, 5.74) is 4.60. The van der Waals surface area contributed by atoms with Crippen molar-refractivity contribution in [2.45, 2.75) is 46.6 Å². The average molecular weight is 289 g/mol. The van der Waals surface area contributed by atoms with E-state index < -0.39 is 5.97 Å². The first-order valence-corrected chi connectivity index (χ1v) is 7.47. The van der Waals surface area contributed by atoms with Crippen LogP contribution in [0.1, 0.15) is 46.9 Å². The largest absolute Gasteiger partial charge is 0.478 e. The molecule has 0 saturated heterocycles. The first-order chi connectivity index (χ1) is 10.0. The predicted molar refractivity (Wildman–Crippen MR) is 84.1 cm³/mol. The number of benzene rings is 1. The molecular weight excluding hydrogens is 266 g/mol. The standard InChI is InChI=1S/C17H23NO3/c1-4-6-13-12(3)18(7-5-8-19)16-10-14(17(20)21)11(2)9-15(13)16/h9-10,19H,4-8H2,1-3H3,(H,20,21). The number of aromatic nitrogens is 1. The van der Waals surface area contributed by atoms with Gasteiger partial charge in [0.25, 0.3) is 0 Å². The normalized spacial score (nSPS) is 11.2. The van der Waals surface area contributed by atoms with Crippen LogP contribution in [0.2, 0.25) is 0 Å². The number of rotatable bonds is 6. The van der Waals surface area contributed by atoms with Crippen LogP contribution in [0, 0.1) is 13.8 Å². The molecule has 0 fully saturated rings. The number of aliphatic hydroxyl groups excluding tert-OH is 1. The van der Waals surface area contributed by atoms with Crippen LogP contribution < -0.4 is 0 Å². The number of aryl methyl sites for hydroxylation is 3. The molecule has 4 nitrogen and oxygen atoms in total. The summed E-state index contributed by atoms with van der Waals surface area (Å²) in [5.74, 6) is -0.890. The molecule has 0 aliphatic heterocycles. The van der Waals surface area contributed by atoms with E-state index in [9.17, 15) is 9.90 Å². The molecule has 0 bridgehead atoms. The predicted octanol–water partition coefficient (Wildman–Crippen LogP) is 3.29. The SMILES string of the molecule is CCCc1c(C)n(CCCO)c2cc(C(=O)O)c(C)cc12. The van der Waals surface area contributed by atoms with Crippen LogP contribution in [0.25, 0.3) is 10.9 Å². The van der Waals surface area contributed by atoms with Gasteiger partial charge in [-0.1, -0.05) is 13.3 Å². The van der Waals surface area contributed by atoms with E-state index in [-0.39, 0.29) is 6.61 Å². The molecule has 0 spiro atoms. The Morgan fingerprint density at radius 1 is 1.29 bits per heavy atom. The van der Waals surface area contributed by atoms with Crippen molar-refractivity contribution in [1.82, 2.24) is 4.57 Å². The molecule has 114 valence electrons. The fourth-order valence-electron chi connectivity index (χ4n) is 3.01. The van der Waals surface area contributed by atoms with Crippen LogP contribution in [0.3, 0.4) is 0 Å². The topological polar surface area (TPSA) is 62.5 Å². The van der Waals surface area contributed by atoms with Gasteiger partial charge in [0.1, 0.15) is 0 Å². The third kappa shape index (κ3) is 2.81. The summed E-state index contributed by atoms with van der Waals surface area (Å²) in [7, 11) is 0. The van der Waals surface area contributed by atoms with Crippen molar-refractivity contribution in [2.24, 2.45) is 0 Å². The zero-order valence-electron chi connectivity index (χ0n) is 12.9. The molecule has 21 heavy (non-hydrogen) atoms. The second kappa shape index (κ2) is 6.31. The quantitative estimate of drug-likeness (QED) is 0.857. The molecule has 0 amide bonds. The lowest BCUT2D eigenvalue weighted by Gasteiger charge is -2.08. The molecule has 0 saturated carbocycles. The average Bonchev–Trinajstić information content (AvgIpc) is 2.68. The number of carboxylic acids is 1. The molecule has 2 N–H and O–H groups in total. The number of nitrogens with zero attached hydrogens (tertiary/aromatic N) is 1. The van der Waals surface area contributed by atoms with Crippen LogP contribution in [-0.2, 0) is 13.0 Å². The maximum absolute atomic E-state index is 11.4. The van der Waals surface area contributed by atoms with E-state index in [0.717, 1.165) is 29.3 Å². The first kappa shape index (κ1) is 15.6. The number of carbonyl (C=O) groups is 1. The Kier molecular flexibility index (Phi) is 4.68. The Labute approximate surface area is 125 Å². The van der Waals surface area contributed by atoms with Gasteiger partial charge in [0.2, 0.25) is 0 Å². The summed E-state index contributed by atoms with van der Waals surface area (Å²) >= 11 is 0. The second-order valence-corrected chi connectivity index (χ2v) is 5.53. The highest BCUT2D eigenvalue weighted by molar-refractivity contribution is 5.96. The molecule has 0 atom stereocenters. The van der Waals surface area contributed by atoms with Gasteiger partial charge in [0.15, 0.2) is 0 Å². The number of fused-ring (bicyclic) bond motifs is 1. The van der Waals surface area contributed by atoms with Crippen LogP contribution in [0.5, 0.6) is 0 Å². The molecule has 0 radical (unpaired) electrons. The first-order valence-electron chi connectivity index (χ1n) is 7.47. The summed E-state index contributed by atoms with van der Waals surface area (Å²) in [6, 6.07) is 3.77. The van der Waals surface area contributed by atoms with E-state index in [1.807, 2.05) is 13.0 Å². The highest BCUT2D eigenvalue weighted by Crippen LogP contribution is 2.30. The zero-order valence-corrected chi connectivity index (χ0v) is 12.9. The summed E-state index contributed by atoms with van der Waals surface area (Å²) in [6.07, 6.45) is 2.71. The van der Waals surface area contributed by atoms with Crippen molar-refractivity contribution in [3.05, 3.63) is 34.5 Å². The molecule has 1 aromatic heterocycles. The maximum atomic E-state index is 11.4. The van der Waals surface area contributed by atoms with Crippen LogP contribution >= 0.6 is 0 Å². The van der Waals surface area contributed by atoms with Gasteiger partial charge in [-0.15, -0.1) is 0 Å². The number of aliphatic hydroxyl groups is 1. The lowest BCUT2D eigenvalue weighted by Crippen LogP contribution is -2.04. The van der Waals surface area contributed by atoms with Crippen molar-refractivity contribution in [3.8, 4) is 0 Å². The van der Waals surface area contributed by atoms with Crippen LogP contribution in [-0.4, -0.2) is 27.4 Å². The van der Waals surface area contributed by atoms with Gasteiger partial charge in [0, 0.05) is 29.7 Å². The summed E-state index contributed by atoms with van der Waals surface area (Å²) in [6.45, 7) is 6.93. The molecule has 2 rings (SSSR count).